The molecule has 0 aromatic heterocycles. The minimum absolute atomic E-state index is 0.0572. The van der Waals surface area contributed by atoms with Crippen molar-refractivity contribution in [3.63, 3.8) is 0 Å². The molecule has 0 bridgehead atoms. The largest absolute Gasteiger partial charge is 0.492 e. The summed E-state index contributed by atoms with van der Waals surface area (Å²) >= 11 is 0. The summed E-state index contributed by atoms with van der Waals surface area (Å²) in [4.78, 5) is 17.1. The van der Waals surface area contributed by atoms with E-state index in [1.165, 1.54) is 0 Å². The molecule has 1 saturated heterocycles. The quantitative estimate of drug-likeness (QED) is 0.836. The number of carbonyl (C=O) groups is 1. The van der Waals surface area contributed by atoms with Crippen molar-refractivity contribution in [3.05, 3.63) is 54.1 Å². The van der Waals surface area contributed by atoms with Crippen molar-refractivity contribution in [1.82, 2.24) is 4.90 Å². The van der Waals surface area contributed by atoms with Gasteiger partial charge in [0.25, 0.3) is 0 Å². The van der Waals surface area contributed by atoms with Gasteiger partial charge < -0.3 is 15.0 Å². The SMILES string of the molecule is CCOc1ccccc1N1CCN([C@H](C)C(=O)Nc2cccc(C#N)c2)CC1. The van der Waals surface area contributed by atoms with Gasteiger partial charge in [-0.15, -0.1) is 0 Å². The molecule has 0 saturated carbocycles. The number of rotatable bonds is 6. The molecule has 1 aliphatic rings. The number of amides is 1. The monoisotopic (exact) mass is 378 g/mol. The molecule has 1 aliphatic heterocycles. The van der Waals surface area contributed by atoms with Gasteiger partial charge in [0.1, 0.15) is 5.75 Å². The summed E-state index contributed by atoms with van der Waals surface area (Å²) in [7, 11) is 0. The Morgan fingerprint density at radius 1 is 1.18 bits per heavy atom. The highest BCUT2D eigenvalue weighted by atomic mass is 16.5. The minimum Gasteiger partial charge on any atom is -0.492 e. The second-order valence-electron chi connectivity index (χ2n) is 6.78. The van der Waals surface area contributed by atoms with Crippen molar-refractivity contribution in [2.24, 2.45) is 0 Å². The molecule has 146 valence electrons. The number of nitriles is 1. The van der Waals surface area contributed by atoms with E-state index in [4.69, 9.17) is 10.00 Å². The molecule has 1 atom stereocenters. The summed E-state index contributed by atoms with van der Waals surface area (Å²) in [6.45, 7) is 7.83. The number of nitrogens with zero attached hydrogens (tertiary/aromatic N) is 3. The van der Waals surface area contributed by atoms with Crippen LogP contribution in [0.2, 0.25) is 0 Å². The van der Waals surface area contributed by atoms with Gasteiger partial charge in [0.2, 0.25) is 5.91 Å². The zero-order valence-corrected chi connectivity index (χ0v) is 16.4. The highest BCUT2D eigenvalue weighted by Gasteiger charge is 2.26. The van der Waals surface area contributed by atoms with Gasteiger partial charge in [0.05, 0.1) is 30.0 Å². The molecule has 28 heavy (non-hydrogen) atoms. The van der Waals surface area contributed by atoms with Crippen LogP contribution in [-0.2, 0) is 4.79 Å². The van der Waals surface area contributed by atoms with Crippen LogP contribution < -0.4 is 15.0 Å². The van der Waals surface area contributed by atoms with Gasteiger partial charge in [0, 0.05) is 31.9 Å². The normalized spacial score (nSPS) is 15.5. The Bertz CT molecular complexity index is 854. The van der Waals surface area contributed by atoms with Crippen LogP contribution in [0.15, 0.2) is 48.5 Å². The van der Waals surface area contributed by atoms with Crippen LogP contribution in [0.25, 0.3) is 0 Å². The van der Waals surface area contributed by atoms with Crippen molar-refractivity contribution in [2.75, 3.05) is 43.0 Å². The topological polar surface area (TPSA) is 68.6 Å². The van der Waals surface area contributed by atoms with Crippen LogP contribution in [0.1, 0.15) is 19.4 Å². The molecule has 3 rings (SSSR count). The molecule has 1 heterocycles. The van der Waals surface area contributed by atoms with Crippen LogP contribution in [-0.4, -0.2) is 49.6 Å². The second-order valence-corrected chi connectivity index (χ2v) is 6.78. The van der Waals surface area contributed by atoms with E-state index in [2.05, 4.69) is 27.3 Å². The van der Waals surface area contributed by atoms with E-state index >= 15 is 0 Å². The lowest BCUT2D eigenvalue weighted by atomic mass is 10.1. The molecule has 0 aliphatic carbocycles. The molecule has 2 aromatic rings. The number of para-hydroxylation sites is 2. The molecular formula is C22H26N4O2. The van der Waals surface area contributed by atoms with Crippen molar-refractivity contribution < 1.29 is 9.53 Å². The Morgan fingerprint density at radius 3 is 2.64 bits per heavy atom. The summed E-state index contributed by atoms with van der Waals surface area (Å²) in [5.74, 6) is 0.847. The summed E-state index contributed by atoms with van der Waals surface area (Å²) in [5, 5.41) is 11.9. The number of piperazine rings is 1. The van der Waals surface area contributed by atoms with E-state index in [-0.39, 0.29) is 11.9 Å². The molecule has 0 spiro atoms. The minimum atomic E-state index is -0.241. The second kappa shape index (κ2) is 9.25. The van der Waals surface area contributed by atoms with E-state index in [0.29, 0.717) is 17.9 Å². The smallest absolute Gasteiger partial charge is 0.241 e. The lowest BCUT2D eigenvalue weighted by Crippen LogP contribution is -2.52. The molecule has 6 heteroatoms. The third kappa shape index (κ3) is 4.62. The molecule has 1 fully saturated rings. The van der Waals surface area contributed by atoms with Crippen LogP contribution in [0.4, 0.5) is 11.4 Å². The molecular weight excluding hydrogens is 352 g/mol. The maximum Gasteiger partial charge on any atom is 0.241 e. The lowest BCUT2D eigenvalue weighted by Gasteiger charge is -2.39. The fourth-order valence-corrected chi connectivity index (χ4v) is 3.43. The van der Waals surface area contributed by atoms with E-state index in [0.717, 1.165) is 37.6 Å². The van der Waals surface area contributed by atoms with E-state index in [9.17, 15) is 4.79 Å². The number of ether oxygens (including phenoxy) is 1. The Labute approximate surface area is 166 Å². The Morgan fingerprint density at radius 2 is 1.93 bits per heavy atom. The molecule has 6 nitrogen and oxygen atoms in total. The Balaban J connectivity index is 1.58. The van der Waals surface area contributed by atoms with Crippen molar-refractivity contribution >= 4 is 17.3 Å². The molecule has 0 radical (unpaired) electrons. The molecule has 1 amide bonds. The maximum atomic E-state index is 12.6. The van der Waals surface area contributed by atoms with Crippen molar-refractivity contribution in [2.45, 2.75) is 19.9 Å². The predicted molar refractivity (Wildman–Crippen MR) is 111 cm³/mol. The third-order valence-electron chi connectivity index (χ3n) is 5.01. The zero-order valence-electron chi connectivity index (χ0n) is 16.4. The standard InChI is InChI=1S/C22H26N4O2/c1-3-28-21-10-5-4-9-20(21)26-13-11-25(12-14-26)17(2)22(27)24-19-8-6-7-18(15-19)16-23/h4-10,15,17H,3,11-14H2,1-2H3,(H,24,27)/t17-/m1/s1. The average molecular weight is 378 g/mol. The van der Waals surface area contributed by atoms with Gasteiger partial charge in [-0.2, -0.15) is 5.26 Å². The molecule has 2 aromatic carbocycles. The summed E-state index contributed by atoms with van der Waals surface area (Å²) in [6, 6.07) is 16.9. The van der Waals surface area contributed by atoms with Gasteiger partial charge in [-0.3, -0.25) is 9.69 Å². The Hall–Kier alpha value is -3.04. The fourth-order valence-electron chi connectivity index (χ4n) is 3.43. The zero-order chi connectivity index (χ0) is 19.9. The van der Waals surface area contributed by atoms with Gasteiger partial charge in [-0.1, -0.05) is 18.2 Å². The first kappa shape index (κ1) is 19.7. The number of hydrogen-bond acceptors (Lipinski definition) is 5. The number of anilines is 2. The van der Waals surface area contributed by atoms with Crippen molar-refractivity contribution in [3.8, 4) is 11.8 Å². The highest BCUT2D eigenvalue weighted by molar-refractivity contribution is 5.94. The Kier molecular flexibility index (Phi) is 6.51. The van der Waals surface area contributed by atoms with E-state index < -0.39 is 0 Å². The first-order valence-electron chi connectivity index (χ1n) is 9.64. The number of nitrogens with one attached hydrogen (secondary N) is 1. The van der Waals surface area contributed by atoms with Crippen molar-refractivity contribution in [1.29, 1.82) is 5.26 Å². The first-order chi connectivity index (χ1) is 13.6. The van der Waals surface area contributed by atoms with E-state index in [1.807, 2.05) is 32.0 Å². The van der Waals surface area contributed by atoms with Crippen LogP contribution in [0.3, 0.4) is 0 Å². The van der Waals surface area contributed by atoms with Crippen LogP contribution in [0.5, 0.6) is 5.75 Å². The summed E-state index contributed by atoms with van der Waals surface area (Å²) < 4.78 is 5.75. The van der Waals surface area contributed by atoms with Gasteiger partial charge in [-0.05, 0) is 44.2 Å². The van der Waals surface area contributed by atoms with Gasteiger partial charge >= 0.3 is 0 Å². The summed E-state index contributed by atoms with van der Waals surface area (Å²) in [6.07, 6.45) is 0. The highest BCUT2D eigenvalue weighted by Crippen LogP contribution is 2.29. The number of hydrogen-bond donors (Lipinski definition) is 1. The third-order valence-corrected chi connectivity index (χ3v) is 5.01. The van der Waals surface area contributed by atoms with Crippen LogP contribution in [0, 0.1) is 11.3 Å². The van der Waals surface area contributed by atoms with Gasteiger partial charge in [-0.25, -0.2) is 0 Å². The first-order valence-corrected chi connectivity index (χ1v) is 9.64. The fraction of sp³-hybridized carbons (Fsp3) is 0.364. The van der Waals surface area contributed by atoms with E-state index in [1.54, 1.807) is 24.3 Å². The van der Waals surface area contributed by atoms with Gasteiger partial charge in [0.15, 0.2) is 0 Å². The molecule has 1 N–H and O–H groups in total. The molecule has 0 unspecified atom stereocenters. The lowest BCUT2D eigenvalue weighted by molar-refractivity contribution is -0.120. The predicted octanol–water partition coefficient (Wildman–Crippen LogP) is 3.11. The summed E-state index contributed by atoms with van der Waals surface area (Å²) in [5.41, 5.74) is 2.29. The number of benzene rings is 2. The average Bonchev–Trinajstić information content (AvgIpc) is 2.74. The number of carbonyl (C=O) groups excluding carboxylic acids is 1. The maximum absolute atomic E-state index is 12.6. The van der Waals surface area contributed by atoms with Crippen LogP contribution >= 0.6 is 0 Å².